The lowest BCUT2D eigenvalue weighted by atomic mass is 10.0. The zero-order valence-corrected chi connectivity index (χ0v) is 15.3. The summed E-state index contributed by atoms with van der Waals surface area (Å²) < 4.78 is 46.2. The monoisotopic (exact) mass is 378 g/mol. The highest BCUT2D eigenvalue weighted by molar-refractivity contribution is 5.91. The highest BCUT2D eigenvalue weighted by atomic mass is 19.4. The summed E-state index contributed by atoms with van der Waals surface area (Å²) in [5.41, 5.74) is 6.54. The van der Waals surface area contributed by atoms with Crippen molar-refractivity contribution >= 4 is 11.6 Å². The number of nitrogens with two attached hydrogens (primary N) is 1. The zero-order valence-electron chi connectivity index (χ0n) is 15.3. The molecule has 1 aromatic rings. The van der Waals surface area contributed by atoms with Crippen molar-refractivity contribution in [2.24, 2.45) is 5.73 Å². The minimum Gasteiger partial charge on any atom is -0.323 e. The Kier molecular flexibility index (Phi) is 8.49. The third kappa shape index (κ3) is 8.14. The van der Waals surface area contributed by atoms with Gasteiger partial charge >= 0.3 is 6.18 Å². The number of carbonyl (C=O) groups is 1. The molecule has 1 aromatic carbocycles. The van der Waals surface area contributed by atoms with Gasteiger partial charge in [-0.2, -0.15) is 13.2 Å². The molecule has 0 aromatic heterocycles. The minimum absolute atomic E-state index is 0.0773. The molecule has 2 atom stereocenters. The SMILES string of the molecule is CCC(F)(F)F.CC[N+]1(CC(=O)Nc2cccc(F)c2)CCCC(N)C1. The number of quaternary nitrogens is 1. The number of benzene rings is 1. The molecule has 0 bridgehead atoms. The Morgan fingerprint density at radius 1 is 1.35 bits per heavy atom. The largest absolute Gasteiger partial charge is 0.388 e. The quantitative estimate of drug-likeness (QED) is 0.620. The van der Waals surface area contributed by atoms with E-state index in [1.54, 1.807) is 12.1 Å². The third-order valence-electron chi connectivity index (χ3n) is 4.49. The lowest BCUT2D eigenvalue weighted by molar-refractivity contribution is -0.924. The number of nitrogens with zero attached hydrogens (tertiary/aromatic N) is 1. The average molecular weight is 378 g/mol. The number of amides is 1. The molecular weight excluding hydrogens is 350 g/mol. The van der Waals surface area contributed by atoms with Gasteiger partial charge < -0.3 is 15.5 Å². The molecule has 8 heteroatoms. The van der Waals surface area contributed by atoms with Gasteiger partial charge in [-0.3, -0.25) is 4.79 Å². The highest BCUT2D eigenvalue weighted by Crippen LogP contribution is 2.19. The molecule has 3 N–H and O–H groups in total. The fourth-order valence-corrected chi connectivity index (χ4v) is 2.98. The van der Waals surface area contributed by atoms with Gasteiger partial charge in [0.15, 0.2) is 6.54 Å². The van der Waals surface area contributed by atoms with Crippen LogP contribution in [0.15, 0.2) is 24.3 Å². The van der Waals surface area contributed by atoms with Crippen LogP contribution in [0.3, 0.4) is 0 Å². The average Bonchev–Trinajstić information content (AvgIpc) is 2.54. The number of rotatable bonds is 4. The summed E-state index contributed by atoms with van der Waals surface area (Å²) >= 11 is 0. The summed E-state index contributed by atoms with van der Waals surface area (Å²) in [6, 6.07) is 6.14. The molecule has 1 fully saturated rings. The van der Waals surface area contributed by atoms with Gasteiger partial charge in [0, 0.05) is 12.1 Å². The van der Waals surface area contributed by atoms with Crippen molar-refractivity contribution in [3.8, 4) is 0 Å². The van der Waals surface area contributed by atoms with E-state index in [4.69, 9.17) is 5.73 Å². The van der Waals surface area contributed by atoms with Crippen molar-refractivity contribution in [3.05, 3.63) is 30.1 Å². The molecular formula is C18H28F4N3O+. The van der Waals surface area contributed by atoms with E-state index in [1.807, 2.05) is 0 Å². The van der Waals surface area contributed by atoms with Crippen molar-refractivity contribution in [3.63, 3.8) is 0 Å². The van der Waals surface area contributed by atoms with Crippen LogP contribution in [-0.2, 0) is 4.79 Å². The topological polar surface area (TPSA) is 55.1 Å². The minimum atomic E-state index is -3.96. The molecule has 1 aliphatic rings. The lowest BCUT2D eigenvalue weighted by Gasteiger charge is -2.42. The Balaban J connectivity index is 0.000000487. The maximum atomic E-state index is 13.1. The Morgan fingerprint density at radius 3 is 2.50 bits per heavy atom. The van der Waals surface area contributed by atoms with Gasteiger partial charge in [-0.1, -0.05) is 13.0 Å². The van der Waals surface area contributed by atoms with Crippen LogP contribution in [0, 0.1) is 5.82 Å². The molecule has 2 unspecified atom stereocenters. The first-order valence-corrected chi connectivity index (χ1v) is 8.82. The van der Waals surface area contributed by atoms with Crippen molar-refractivity contribution in [1.29, 1.82) is 0 Å². The summed E-state index contributed by atoms with van der Waals surface area (Å²) in [7, 11) is 0. The highest BCUT2D eigenvalue weighted by Gasteiger charge is 2.34. The zero-order chi connectivity index (χ0) is 19.8. The molecule has 0 saturated carbocycles. The molecule has 0 spiro atoms. The molecule has 26 heavy (non-hydrogen) atoms. The number of anilines is 1. The summed E-state index contributed by atoms with van der Waals surface area (Å²) in [5, 5.41) is 2.77. The maximum Gasteiger partial charge on any atom is 0.388 e. The first-order chi connectivity index (χ1) is 12.1. The number of hydrogen-bond acceptors (Lipinski definition) is 2. The number of likely N-dealkylation sites (N-methyl/N-ethyl adjacent to an activating group) is 1. The molecule has 148 valence electrons. The normalized spacial score (nSPS) is 23.0. The van der Waals surface area contributed by atoms with E-state index in [2.05, 4.69) is 12.2 Å². The van der Waals surface area contributed by atoms with Gasteiger partial charge in [0.1, 0.15) is 5.82 Å². The standard InChI is InChI=1S/C15H22FN3O.C3H5F3/c1-2-19(8-4-6-13(17)10-19)11-15(20)18-14-7-3-5-12(16)9-14;1-2-3(4,5)6/h3,5,7,9,13H,2,4,6,8,10-11,17H2,1H3;2H2,1H3/p+1. The molecule has 1 heterocycles. The number of halogens is 4. The maximum absolute atomic E-state index is 13.1. The molecule has 1 aliphatic heterocycles. The number of nitrogens with one attached hydrogen (secondary N) is 1. The van der Waals surface area contributed by atoms with E-state index in [9.17, 15) is 22.4 Å². The summed E-state index contributed by atoms with van der Waals surface area (Å²) in [6.07, 6.45) is -2.60. The second-order valence-electron chi connectivity index (χ2n) is 6.65. The van der Waals surface area contributed by atoms with E-state index in [0.29, 0.717) is 12.2 Å². The van der Waals surface area contributed by atoms with Gasteiger partial charge in [-0.05, 0) is 38.0 Å². The second kappa shape index (κ2) is 9.87. The van der Waals surface area contributed by atoms with Crippen molar-refractivity contribution in [2.75, 3.05) is 31.5 Å². The summed E-state index contributed by atoms with van der Waals surface area (Å²) in [6.45, 7) is 6.30. The van der Waals surface area contributed by atoms with E-state index in [1.165, 1.54) is 12.1 Å². The summed E-state index contributed by atoms with van der Waals surface area (Å²) in [4.78, 5) is 12.2. The van der Waals surface area contributed by atoms with E-state index >= 15 is 0 Å². The number of hydrogen-bond donors (Lipinski definition) is 2. The van der Waals surface area contributed by atoms with E-state index in [-0.39, 0.29) is 17.8 Å². The van der Waals surface area contributed by atoms with Crippen LogP contribution in [0.1, 0.15) is 33.1 Å². The van der Waals surface area contributed by atoms with Crippen LogP contribution in [0.25, 0.3) is 0 Å². The molecule has 4 nitrogen and oxygen atoms in total. The van der Waals surface area contributed by atoms with Crippen LogP contribution in [0.5, 0.6) is 0 Å². The first-order valence-electron chi connectivity index (χ1n) is 8.82. The summed E-state index contributed by atoms with van der Waals surface area (Å²) in [5.74, 6) is -0.422. The van der Waals surface area contributed by atoms with Crippen molar-refractivity contribution in [1.82, 2.24) is 0 Å². The Labute approximate surface area is 151 Å². The Hall–Kier alpha value is -1.67. The smallest absolute Gasteiger partial charge is 0.323 e. The van der Waals surface area contributed by atoms with Crippen molar-refractivity contribution < 1.29 is 26.8 Å². The third-order valence-corrected chi connectivity index (χ3v) is 4.49. The Bertz CT molecular complexity index is 580. The van der Waals surface area contributed by atoms with Crippen LogP contribution in [0.2, 0.25) is 0 Å². The fraction of sp³-hybridized carbons (Fsp3) is 0.611. The molecule has 2 rings (SSSR count). The molecule has 1 amide bonds. The van der Waals surface area contributed by atoms with Crippen molar-refractivity contribution in [2.45, 2.75) is 45.3 Å². The number of carbonyl (C=O) groups excluding carboxylic acids is 1. The first kappa shape index (κ1) is 22.4. The van der Waals surface area contributed by atoms with Crippen LogP contribution < -0.4 is 11.1 Å². The number of piperidine rings is 1. The number of alkyl halides is 3. The molecule has 0 radical (unpaired) electrons. The van der Waals surface area contributed by atoms with Gasteiger partial charge in [0.25, 0.3) is 5.91 Å². The second-order valence-corrected chi connectivity index (χ2v) is 6.65. The van der Waals surface area contributed by atoms with E-state index < -0.39 is 12.6 Å². The Morgan fingerprint density at radius 2 is 2.00 bits per heavy atom. The predicted octanol–water partition coefficient (Wildman–Crippen LogP) is 3.68. The van der Waals surface area contributed by atoms with Crippen LogP contribution >= 0.6 is 0 Å². The molecule has 0 aliphatic carbocycles. The molecule has 1 saturated heterocycles. The number of likely N-dealkylation sites (tertiary alicyclic amines) is 1. The van der Waals surface area contributed by atoms with Crippen LogP contribution in [0.4, 0.5) is 23.2 Å². The van der Waals surface area contributed by atoms with E-state index in [0.717, 1.165) is 43.9 Å². The predicted molar refractivity (Wildman–Crippen MR) is 94.0 cm³/mol. The van der Waals surface area contributed by atoms with Gasteiger partial charge in [0.2, 0.25) is 0 Å². The lowest BCUT2D eigenvalue weighted by Crippen LogP contribution is -2.60. The van der Waals surface area contributed by atoms with Gasteiger partial charge in [-0.15, -0.1) is 0 Å². The fourth-order valence-electron chi connectivity index (χ4n) is 2.98. The van der Waals surface area contributed by atoms with Gasteiger partial charge in [0.05, 0.1) is 25.7 Å². The van der Waals surface area contributed by atoms with Gasteiger partial charge in [-0.25, -0.2) is 4.39 Å². The van der Waals surface area contributed by atoms with Crippen LogP contribution in [-0.4, -0.2) is 48.8 Å².